The highest BCUT2D eigenvalue weighted by molar-refractivity contribution is 9.10. The van der Waals surface area contributed by atoms with Crippen LogP contribution < -0.4 is 10.1 Å². The number of rotatable bonds is 4. The Labute approximate surface area is 163 Å². The number of aromatic nitrogens is 3. The number of hydrogen-bond donors (Lipinski definition) is 1. The number of halogens is 1. The van der Waals surface area contributed by atoms with Gasteiger partial charge in [-0.15, -0.1) is 5.10 Å². The summed E-state index contributed by atoms with van der Waals surface area (Å²) in [6.07, 6.45) is 0. The molecular weight excluding hydrogens is 408 g/mol. The summed E-state index contributed by atoms with van der Waals surface area (Å²) >= 11 is 3.37. The Morgan fingerprint density at radius 3 is 2.63 bits per heavy atom. The van der Waals surface area contributed by atoms with Crippen molar-refractivity contribution in [3.05, 3.63) is 76.8 Å². The fourth-order valence-electron chi connectivity index (χ4n) is 2.79. The number of nitrogens with one attached hydrogen (secondary N) is 1. The van der Waals surface area contributed by atoms with Crippen LogP contribution in [0.4, 0.5) is 5.95 Å². The molecule has 6 nitrogen and oxygen atoms in total. The lowest BCUT2D eigenvalue weighted by molar-refractivity contribution is 0.102. The van der Waals surface area contributed by atoms with Crippen molar-refractivity contribution in [3.63, 3.8) is 0 Å². The van der Waals surface area contributed by atoms with E-state index in [0.29, 0.717) is 17.1 Å². The molecule has 2 aromatic carbocycles. The minimum Gasteiger partial charge on any atom is -0.481 e. The van der Waals surface area contributed by atoms with Gasteiger partial charge in [0.15, 0.2) is 5.65 Å². The maximum Gasteiger partial charge on any atom is 0.258 e. The van der Waals surface area contributed by atoms with Crippen molar-refractivity contribution >= 4 is 33.4 Å². The molecule has 0 atom stereocenters. The second-order valence-electron chi connectivity index (χ2n) is 5.79. The van der Waals surface area contributed by atoms with E-state index in [1.165, 1.54) is 0 Å². The average molecular weight is 423 g/mol. The third-order valence-electron chi connectivity index (χ3n) is 4.06. The molecule has 0 radical (unpaired) electrons. The van der Waals surface area contributed by atoms with E-state index in [-0.39, 0.29) is 11.9 Å². The van der Waals surface area contributed by atoms with Crippen LogP contribution in [-0.2, 0) is 0 Å². The molecule has 4 aromatic rings. The highest BCUT2D eigenvalue weighted by Gasteiger charge is 2.16. The maximum atomic E-state index is 12.5. The highest BCUT2D eigenvalue weighted by atomic mass is 79.9. The minimum atomic E-state index is -0.285. The molecule has 0 saturated carbocycles. The quantitative estimate of drug-likeness (QED) is 0.528. The Bertz CT molecular complexity index is 1130. The smallest absolute Gasteiger partial charge is 0.258 e. The number of pyridine rings is 1. The molecule has 134 valence electrons. The third-order valence-corrected chi connectivity index (χ3v) is 4.55. The van der Waals surface area contributed by atoms with Crippen LogP contribution in [0.2, 0.25) is 0 Å². The summed E-state index contributed by atoms with van der Waals surface area (Å²) in [7, 11) is 1.57. The first-order valence-corrected chi connectivity index (χ1v) is 9.01. The SMILES string of the molecule is COc1ccc(-c2ccccc2)c2nc(NC(=O)c3cccc(Br)c3)nn12. The van der Waals surface area contributed by atoms with Crippen molar-refractivity contribution in [1.29, 1.82) is 0 Å². The van der Waals surface area contributed by atoms with Crippen molar-refractivity contribution in [2.75, 3.05) is 12.4 Å². The van der Waals surface area contributed by atoms with E-state index in [0.717, 1.165) is 15.6 Å². The van der Waals surface area contributed by atoms with Gasteiger partial charge in [-0.25, -0.2) is 0 Å². The van der Waals surface area contributed by atoms with Crippen molar-refractivity contribution in [2.24, 2.45) is 0 Å². The van der Waals surface area contributed by atoms with Gasteiger partial charge in [0.2, 0.25) is 11.8 Å². The van der Waals surface area contributed by atoms with Crippen molar-refractivity contribution in [3.8, 4) is 17.0 Å². The molecule has 2 heterocycles. The van der Waals surface area contributed by atoms with Crippen molar-refractivity contribution in [1.82, 2.24) is 14.6 Å². The number of fused-ring (bicyclic) bond motifs is 1. The number of methoxy groups -OCH3 is 1. The summed E-state index contributed by atoms with van der Waals surface area (Å²) in [6, 6.07) is 20.7. The van der Waals surface area contributed by atoms with E-state index in [2.05, 4.69) is 31.3 Å². The van der Waals surface area contributed by atoms with E-state index >= 15 is 0 Å². The van der Waals surface area contributed by atoms with Crippen LogP contribution in [0.15, 0.2) is 71.2 Å². The fourth-order valence-corrected chi connectivity index (χ4v) is 3.19. The molecule has 0 aliphatic heterocycles. The van der Waals surface area contributed by atoms with Crippen molar-refractivity contribution < 1.29 is 9.53 Å². The van der Waals surface area contributed by atoms with Crippen LogP contribution in [0.1, 0.15) is 10.4 Å². The van der Waals surface area contributed by atoms with Crippen molar-refractivity contribution in [2.45, 2.75) is 0 Å². The summed E-state index contributed by atoms with van der Waals surface area (Å²) in [5.41, 5.74) is 3.01. The largest absolute Gasteiger partial charge is 0.481 e. The first kappa shape index (κ1) is 17.2. The normalized spacial score (nSPS) is 10.7. The molecular formula is C20H15BrN4O2. The maximum absolute atomic E-state index is 12.5. The van der Waals surface area contributed by atoms with Crippen LogP contribution in [0.25, 0.3) is 16.8 Å². The molecule has 1 amide bonds. The van der Waals surface area contributed by atoms with E-state index in [1.807, 2.05) is 48.5 Å². The third kappa shape index (κ3) is 3.41. The number of anilines is 1. The van der Waals surface area contributed by atoms with Crippen LogP contribution in [0, 0.1) is 0 Å². The van der Waals surface area contributed by atoms with Gasteiger partial charge in [0.05, 0.1) is 7.11 Å². The zero-order valence-electron chi connectivity index (χ0n) is 14.4. The number of amides is 1. The molecule has 0 unspecified atom stereocenters. The van der Waals surface area contributed by atoms with Gasteiger partial charge in [-0.05, 0) is 29.8 Å². The number of hydrogen-bond acceptors (Lipinski definition) is 4. The van der Waals surface area contributed by atoms with E-state index in [9.17, 15) is 4.79 Å². The van der Waals surface area contributed by atoms with Gasteiger partial charge in [-0.1, -0.05) is 52.3 Å². The number of benzene rings is 2. The Kier molecular flexibility index (Phi) is 4.60. The average Bonchev–Trinajstić information content (AvgIpc) is 3.11. The van der Waals surface area contributed by atoms with Gasteiger partial charge in [-0.3, -0.25) is 10.1 Å². The van der Waals surface area contributed by atoms with Gasteiger partial charge in [-0.2, -0.15) is 9.50 Å². The minimum absolute atomic E-state index is 0.210. The number of carbonyl (C=O) groups is 1. The summed E-state index contributed by atoms with van der Waals surface area (Å²) in [4.78, 5) is 17.0. The first-order chi connectivity index (χ1) is 13.2. The van der Waals surface area contributed by atoms with E-state index in [4.69, 9.17) is 4.74 Å². The Hall–Kier alpha value is -3.19. The second-order valence-corrected chi connectivity index (χ2v) is 6.71. The predicted molar refractivity (Wildman–Crippen MR) is 107 cm³/mol. The molecule has 27 heavy (non-hydrogen) atoms. The van der Waals surface area contributed by atoms with E-state index < -0.39 is 0 Å². The molecule has 4 rings (SSSR count). The Morgan fingerprint density at radius 1 is 1.07 bits per heavy atom. The van der Waals surface area contributed by atoms with Crippen LogP contribution in [0.5, 0.6) is 5.88 Å². The monoisotopic (exact) mass is 422 g/mol. The number of ether oxygens (including phenoxy) is 1. The first-order valence-electron chi connectivity index (χ1n) is 8.22. The standard InChI is InChI=1S/C20H15BrN4O2/c1-27-17-11-10-16(13-6-3-2-4-7-13)18-22-20(24-25(17)18)23-19(26)14-8-5-9-15(21)12-14/h2-12H,1H3,(H,23,24,26). The highest BCUT2D eigenvalue weighted by Crippen LogP contribution is 2.27. The van der Waals surface area contributed by atoms with Gasteiger partial charge >= 0.3 is 0 Å². The molecule has 0 aliphatic carbocycles. The Balaban J connectivity index is 1.76. The molecule has 0 bridgehead atoms. The molecule has 0 fully saturated rings. The Morgan fingerprint density at radius 2 is 1.89 bits per heavy atom. The summed E-state index contributed by atoms with van der Waals surface area (Å²) < 4.78 is 7.79. The zero-order valence-corrected chi connectivity index (χ0v) is 16.0. The van der Waals surface area contributed by atoms with Gasteiger partial charge < -0.3 is 4.74 Å². The zero-order chi connectivity index (χ0) is 18.8. The summed E-state index contributed by atoms with van der Waals surface area (Å²) in [6.45, 7) is 0. The van der Waals surface area contributed by atoms with Crippen LogP contribution in [0.3, 0.4) is 0 Å². The van der Waals surface area contributed by atoms with Gasteiger partial charge in [0.1, 0.15) is 0 Å². The molecule has 0 aliphatic rings. The number of nitrogens with zero attached hydrogens (tertiary/aromatic N) is 3. The summed E-state index contributed by atoms with van der Waals surface area (Å²) in [5.74, 6) is 0.453. The summed E-state index contributed by atoms with van der Waals surface area (Å²) in [5, 5.41) is 7.14. The fraction of sp³-hybridized carbons (Fsp3) is 0.0500. The van der Waals surface area contributed by atoms with Gasteiger partial charge in [0, 0.05) is 21.7 Å². The lowest BCUT2D eigenvalue weighted by Gasteiger charge is -2.06. The van der Waals surface area contributed by atoms with Gasteiger partial charge in [0.25, 0.3) is 5.91 Å². The molecule has 0 spiro atoms. The molecule has 2 aromatic heterocycles. The molecule has 7 heteroatoms. The topological polar surface area (TPSA) is 68.5 Å². The number of carbonyl (C=O) groups excluding carboxylic acids is 1. The van der Waals surface area contributed by atoms with Crippen LogP contribution >= 0.6 is 15.9 Å². The predicted octanol–water partition coefficient (Wildman–Crippen LogP) is 4.42. The lowest BCUT2D eigenvalue weighted by atomic mass is 10.1. The molecule has 0 saturated heterocycles. The van der Waals surface area contributed by atoms with E-state index in [1.54, 1.807) is 29.8 Å². The lowest BCUT2D eigenvalue weighted by Crippen LogP contribution is -2.13. The molecule has 1 N–H and O–H groups in total. The second kappa shape index (κ2) is 7.20. The van der Waals surface area contributed by atoms with Crippen LogP contribution in [-0.4, -0.2) is 27.6 Å².